The van der Waals surface area contributed by atoms with Crippen molar-refractivity contribution in [2.24, 2.45) is 5.92 Å². The number of piperazine rings is 1. The minimum Gasteiger partial charge on any atom is -0.339 e. The van der Waals surface area contributed by atoms with E-state index in [0.717, 1.165) is 29.3 Å². The Kier molecular flexibility index (Phi) is 4.69. The highest BCUT2D eigenvalue weighted by molar-refractivity contribution is 5.95. The zero-order chi connectivity index (χ0) is 17.9. The lowest BCUT2D eigenvalue weighted by Gasteiger charge is -2.37. The highest BCUT2D eigenvalue weighted by atomic mass is 16.2. The summed E-state index contributed by atoms with van der Waals surface area (Å²) in [5.41, 5.74) is 1.91. The fraction of sp³-hybridized carbons (Fsp3) is 0.381. The van der Waals surface area contributed by atoms with E-state index in [1.54, 1.807) is 12.3 Å². The average Bonchev–Trinajstić information content (AvgIpc) is 2.64. The van der Waals surface area contributed by atoms with Crippen LogP contribution < -0.4 is 0 Å². The molecule has 1 aromatic carbocycles. The summed E-state index contributed by atoms with van der Waals surface area (Å²) in [5.74, 6) is 0.515. The Morgan fingerprint density at radius 2 is 1.73 bits per heavy atom. The van der Waals surface area contributed by atoms with Gasteiger partial charge in [0, 0.05) is 49.8 Å². The van der Waals surface area contributed by atoms with Crippen molar-refractivity contribution in [1.82, 2.24) is 14.8 Å². The molecule has 5 nitrogen and oxygen atoms in total. The van der Waals surface area contributed by atoms with Gasteiger partial charge < -0.3 is 9.80 Å². The Bertz CT molecular complexity index is 844. The normalized spacial score (nSPS) is 18.3. The molecule has 5 heteroatoms. The van der Waals surface area contributed by atoms with Gasteiger partial charge in [0.2, 0.25) is 11.8 Å². The molecule has 2 amide bonds. The van der Waals surface area contributed by atoms with Crippen LogP contribution >= 0.6 is 0 Å². The second-order valence-corrected chi connectivity index (χ2v) is 7.03. The average molecular weight is 349 g/mol. The fourth-order valence-electron chi connectivity index (χ4n) is 3.59. The van der Waals surface area contributed by atoms with E-state index >= 15 is 0 Å². The van der Waals surface area contributed by atoms with Crippen LogP contribution in [0.1, 0.15) is 24.8 Å². The maximum absolute atomic E-state index is 12.5. The number of carbonyl (C=O) groups excluding carboxylic acids is 2. The second-order valence-electron chi connectivity index (χ2n) is 7.03. The molecule has 1 aliphatic heterocycles. The maximum Gasteiger partial charge on any atom is 0.246 e. The molecule has 0 spiro atoms. The van der Waals surface area contributed by atoms with Crippen LogP contribution in [0, 0.1) is 5.92 Å². The molecule has 2 aliphatic rings. The van der Waals surface area contributed by atoms with Gasteiger partial charge in [-0.05, 0) is 36.6 Å². The molecule has 2 heterocycles. The van der Waals surface area contributed by atoms with Crippen molar-refractivity contribution < 1.29 is 9.59 Å². The molecule has 0 bridgehead atoms. The first-order valence-electron chi connectivity index (χ1n) is 9.32. The Hall–Kier alpha value is -2.69. The number of amides is 2. The van der Waals surface area contributed by atoms with E-state index in [0.29, 0.717) is 26.2 Å². The van der Waals surface area contributed by atoms with Gasteiger partial charge in [-0.15, -0.1) is 0 Å². The van der Waals surface area contributed by atoms with E-state index in [1.165, 1.54) is 6.42 Å². The first-order chi connectivity index (χ1) is 12.7. The molecule has 1 aromatic heterocycles. The molecular weight excluding hydrogens is 326 g/mol. The topological polar surface area (TPSA) is 53.5 Å². The van der Waals surface area contributed by atoms with Crippen LogP contribution in [0.5, 0.6) is 0 Å². The van der Waals surface area contributed by atoms with Gasteiger partial charge in [-0.25, -0.2) is 0 Å². The molecule has 26 heavy (non-hydrogen) atoms. The highest BCUT2D eigenvalue weighted by Gasteiger charge is 2.31. The Balaban J connectivity index is 1.38. The van der Waals surface area contributed by atoms with E-state index in [-0.39, 0.29) is 17.7 Å². The first kappa shape index (κ1) is 16.8. The van der Waals surface area contributed by atoms with Gasteiger partial charge in [0.25, 0.3) is 0 Å². The standard InChI is InChI=1S/C21H23N3O2/c25-20(9-8-16-10-11-22-19-7-2-1-6-18(16)19)23-12-14-24(15-13-23)21(26)17-4-3-5-17/h1-2,6-11,17H,3-5,12-15H2/b9-8+. The predicted molar refractivity (Wildman–Crippen MR) is 101 cm³/mol. The molecule has 1 saturated carbocycles. The van der Waals surface area contributed by atoms with Crippen LogP contribution in [0.15, 0.2) is 42.6 Å². The zero-order valence-electron chi connectivity index (χ0n) is 14.8. The number of fused-ring (bicyclic) bond motifs is 1. The summed E-state index contributed by atoms with van der Waals surface area (Å²) in [7, 11) is 0. The number of hydrogen-bond donors (Lipinski definition) is 0. The van der Waals surface area contributed by atoms with Gasteiger partial charge in [0.05, 0.1) is 5.52 Å². The number of aromatic nitrogens is 1. The third-order valence-electron chi connectivity index (χ3n) is 5.45. The van der Waals surface area contributed by atoms with Gasteiger partial charge >= 0.3 is 0 Å². The summed E-state index contributed by atoms with van der Waals surface area (Å²) in [4.78, 5) is 32.9. The third kappa shape index (κ3) is 3.34. The van der Waals surface area contributed by atoms with Crippen molar-refractivity contribution >= 4 is 28.8 Å². The number of carbonyl (C=O) groups is 2. The van der Waals surface area contributed by atoms with E-state index in [9.17, 15) is 9.59 Å². The van der Waals surface area contributed by atoms with Crippen molar-refractivity contribution in [2.75, 3.05) is 26.2 Å². The van der Waals surface area contributed by atoms with Gasteiger partial charge in [-0.1, -0.05) is 24.6 Å². The van der Waals surface area contributed by atoms with Gasteiger partial charge in [0.1, 0.15) is 0 Å². The smallest absolute Gasteiger partial charge is 0.246 e. The highest BCUT2D eigenvalue weighted by Crippen LogP contribution is 2.28. The van der Waals surface area contributed by atoms with Crippen LogP contribution in [0.25, 0.3) is 17.0 Å². The minimum atomic E-state index is 0.00152. The summed E-state index contributed by atoms with van der Waals surface area (Å²) in [6.07, 6.45) is 8.48. The maximum atomic E-state index is 12.5. The molecule has 0 N–H and O–H groups in total. The van der Waals surface area contributed by atoms with Crippen LogP contribution in [0.3, 0.4) is 0 Å². The molecule has 0 unspecified atom stereocenters. The summed E-state index contributed by atoms with van der Waals surface area (Å²) in [6.45, 7) is 2.51. The molecule has 1 saturated heterocycles. The van der Waals surface area contributed by atoms with Crippen molar-refractivity contribution in [3.63, 3.8) is 0 Å². The van der Waals surface area contributed by atoms with E-state index < -0.39 is 0 Å². The van der Waals surface area contributed by atoms with Crippen molar-refractivity contribution in [3.05, 3.63) is 48.2 Å². The molecule has 1 aliphatic carbocycles. The number of pyridine rings is 1. The van der Waals surface area contributed by atoms with Crippen molar-refractivity contribution in [3.8, 4) is 0 Å². The third-order valence-corrected chi connectivity index (χ3v) is 5.45. The Morgan fingerprint density at radius 3 is 2.46 bits per heavy atom. The molecule has 134 valence electrons. The number of hydrogen-bond acceptors (Lipinski definition) is 3. The van der Waals surface area contributed by atoms with Crippen molar-refractivity contribution in [1.29, 1.82) is 0 Å². The minimum absolute atomic E-state index is 0.00152. The quantitative estimate of drug-likeness (QED) is 0.801. The zero-order valence-corrected chi connectivity index (χ0v) is 14.8. The number of benzene rings is 1. The van der Waals surface area contributed by atoms with Crippen LogP contribution in [-0.4, -0.2) is 52.8 Å². The summed E-state index contributed by atoms with van der Waals surface area (Å²) in [6, 6.07) is 9.82. The van der Waals surface area contributed by atoms with E-state index in [2.05, 4.69) is 4.98 Å². The monoisotopic (exact) mass is 349 g/mol. The molecule has 2 fully saturated rings. The molecule has 0 atom stereocenters. The number of rotatable bonds is 3. The Morgan fingerprint density at radius 1 is 1.00 bits per heavy atom. The fourth-order valence-corrected chi connectivity index (χ4v) is 3.59. The molecule has 4 rings (SSSR count). The molecule has 0 radical (unpaired) electrons. The summed E-state index contributed by atoms with van der Waals surface area (Å²) >= 11 is 0. The van der Waals surface area contributed by atoms with Crippen LogP contribution in [0.2, 0.25) is 0 Å². The largest absolute Gasteiger partial charge is 0.339 e. The lowest BCUT2D eigenvalue weighted by atomic mass is 9.84. The first-order valence-corrected chi connectivity index (χ1v) is 9.32. The van der Waals surface area contributed by atoms with E-state index in [1.807, 2.05) is 46.2 Å². The van der Waals surface area contributed by atoms with Crippen LogP contribution in [0.4, 0.5) is 0 Å². The second kappa shape index (κ2) is 7.28. The number of nitrogens with zero attached hydrogens (tertiary/aromatic N) is 3. The lowest BCUT2D eigenvalue weighted by molar-refractivity contribution is -0.142. The molecule has 2 aromatic rings. The van der Waals surface area contributed by atoms with E-state index in [4.69, 9.17) is 0 Å². The van der Waals surface area contributed by atoms with Gasteiger partial charge in [-0.2, -0.15) is 0 Å². The SMILES string of the molecule is O=C(/C=C/c1ccnc2ccccc12)N1CCN(C(=O)C2CCC2)CC1. The van der Waals surface area contributed by atoms with Gasteiger partial charge in [0.15, 0.2) is 0 Å². The Labute approximate surface area is 153 Å². The summed E-state index contributed by atoms with van der Waals surface area (Å²) < 4.78 is 0. The molecular formula is C21H23N3O2. The lowest BCUT2D eigenvalue weighted by Crippen LogP contribution is -2.52. The van der Waals surface area contributed by atoms with Gasteiger partial charge in [-0.3, -0.25) is 14.6 Å². The number of para-hydroxylation sites is 1. The summed E-state index contributed by atoms with van der Waals surface area (Å²) in [5, 5.41) is 1.04. The predicted octanol–water partition coefficient (Wildman–Crippen LogP) is 2.72. The van der Waals surface area contributed by atoms with Crippen LogP contribution in [-0.2, 0) is 9.59 Å². The van der Waals surface area contributed by atoms with Crippen molar-refractivity contribution in [2.45, 2.75) is 19.3 Å².